The standard InChI is InChI=1S/C23H27F2N3O/c1-15(2)28-11-9-23(10-12-28)26-20(17-5-3-4-6-22(17)29)14-21(27-23)18-13-16(24)7-8-19(18)25/h3-8,13,15,21,27,29H,9-12,14H2,1-2H3/t21-/m0/s1. The van der Waals surface area contributed by atoms with Gasteiger partial charge in [-0.15, -0.1) is 0 Å². The van der Waals surface area contributed by atoms with Gasteiger partial charge in [0.05, 0.1) is 0 Å². The minimum absolute atomic E-state index is 0.154. The van der Waals surface area contributed by atoms with Crippen LogP contribution in [-0.2, 0) is 0 Å². The molecule has 2 aliphatic rings. The minimum Gasteiger partial charge on any atom is -0.507 e. The molecule has 2 N–H and O–H groups in total. The summed E-state index contributed by atoms with van der Waals surface area (Å²) in [6, 6.07) is 10.7. The summed E-state index contributed by atoms with van der Waals surface area (Å²) in [4.78, 5) is 7.43. The average molecular weight is 399 g/mol. The second kappa shape index (κ2) is 7.84. The Morgan fingerprint density at radius 3 is 2.55 bits per heavy atom. The van der Waals surface area contributed by atoms with Crippen molar-refractivity contribution in [1.29, 1.82) is 0 Å². The number of phenols is 1. The summed E-state index contributed by atoms with van der Waals surface area (Å²) in [5.41, 5.74) is 1.14. The Morgan fingerprint density at radius 2 is 1.86 bits per heavy atom. The molecule has 4 rings (SSSR count). The number of aliphatic imine (C=N–C) groups is 1. The van der Waals surface area contributed by atoms with Crippen LogP contribution in [0.5, 0.6) is 5.75 Å². The van der Waals surface area contributed by atoms with Gasteiger partial charge < -0.3 is 10.0 Å². The third kappa shape index (κ3) is 4.05. The van der Waals surface area contributed by atoms with E-state index in [1.54, 1.807) is 12.1 Å². The second-order valence-corrected chi connectivity index (χ2v) is 8.30. The molecule has 0 radical (unpaired) electrons. The maximum Gasteiger partial charge on any atom is 0.128 e. The zero-order valence-corrected chi connectivity index (χ0v) is 16.8. The van der Waals surface area contributed by atoms with E-state index in [0.29, 0.717) is 23.6 Å². The van der Waals surface area contributed by atoms with E-state index in [4.69, 9.17) is 4.99 Å². The van der Waals surface area contributed by atoms with Gasteiger partial charge in [0.25, 0.3) is 0 Å². The molecule has 0 amide bonds. The smallest absolute Gasteiger partial charge is 0.128 e. The third-order valence-corrected chi connectivity index (χ3v) is 6.09. The van der Waals surface area contributed by atoms with Crippen LogP contribution in [0.4, 0.5) is 8.78 Å². The van der Waals surface area contributed by atoms with Crippen molar-refractivity contribution in [3.63, 3.8) is 0 Å². The lowest BCUT2D eigenvalue weighted by Crippen LogP contribution is -2.57. The fourth-order valence-corrected chi connectivity index (χ4v) is 4.43. The Hall–Kier alpha value is -2.31. The number of rotatable bonds is 3. The van der Waals surface area contributed by atoms with E-state index in [1.807, 2.05) is 12.1 Å². The average Bonchev–Trinajstić information content (AvgIpc) is 2.70. The number of benzene rings is 2. The van der Waals surface area contributed by atoms with Crippen LogP contribution >= 0.6 is 0 Å². The maximum absolute atomic E-state index is 14.6. The molecule has 0 bridgehead atoms. The first kappa shape index (κ1) is 20.0. The first-order valence-electron chi connectivity index (χ1n) is 10.2. The Bertz CT molecular complexity index is 920. The molecule has 1 atom stereocenters. The molecule has 29 heavy (non-hydrogen) atoms. The number of hydrogen-bond acceptors (Lipinski definition) is 4. The van der Waals surface area contributed by atoms with Crippen LogP contribution in [0, 0.1) is 11.6 Å². The van der Waals surface area contributed by atoms with Crippen LogP contribution in [0.15, 0.2) is 47.5 Å². The van der Waals surface area contributed by atoms with Crippen molar-refractivity contribution in [1.82, 2.24) is 10.2 Å². The zero-order valence-electron chi connectivity index (χ0n) is 16.8. The molecular formula is C23H27F2N3O. The molecular weight excluding hydrogens is 372 g/mol. The van der Waals surface area contributed by atoms with E-state index in [0.717, 1.165) is 37.7 Å². The van der Waals surface area contributed by atoms with Crippen LogP contribution in [0.25, 0.3) is 0 Å². The van der Waals surface area contributed by atoms with Gasteiger partial charge in [-0.05, 0) is 57.0 Å². The van der Waals surface area contributed by atoms with E-state index in [2.05, 4.69) is 24.1 Å². The van der Waals surface area contributed by atoms with Crippen molar-refractivity contribution < 1.29 is 13.9 Å². The summed E-state index contributed by atoms with van der Waals surface area (Å²) >= 11 is 0. The summed E-state index contributed by atoms with van der Waals surface area (Å²) in [6.07, 6.45) is 1.93. The highest BCUT2D eigenvalue weighted by atomic mass is 19.1. The van der Waals surface area contributed by atoms with Crippen molar-refractivity contribution >= 4 is 5.71 Å². The van der Waals surface area contributed by atoms with Crippen molar-refractivity contribution in [2.75, 3.05) is 13.1 Å². The molecule has 2 heterocycles. The first-order chi connectivity index (χ1) is 13.9. The molecule has 1 fully saturated rings. The monoisotopic (exact) mass is 399 g/mol. The third-order valence-electron chi connectivity index (χ3n) is 6.09. The first-order valence-corrected chi connectivity index (χ1v) is 10.2. The molecule has 1 spiro atoms. The number of nitrogens with one attached hydrogen (secondary N) is 1. The molecule has 6 heteroatoms. The zero-order chi connectivity index (χ0) is 20.6. The fourth-order valence-electron chi connectivity index (χ4n) is 4.43. The highest BCUT2D eigenvalue weighted by molar-refractivity contribution is 6.03. The van der Waals surface area contributed by atoms with E-state index in [9.17, 15) is 13.9 Å². The molecule has 2 aliphatic heterocycles. The van der Waals surface area contributed by atoms with Gasteiger partial charge >= 0.3 is 0 Å². The predicted octanol–water partition coefficient (Wildman–Crippen LogP) is 4.39. The molecule has 2 aromatic carbocycles. The molecule has 0 unspecified atom stereocenters. The quantitative estimate of drug-likeness (QED) is 0.805. The highest BCUT2D eigenvalue weighted by Gasteiger charge is 2.41. The fraction of sp³-hybridized carbons (Fsp3) is 0.435. The van der Waals surface area contributed by atoms with E-state index >= 15 is 0 Å². The van der Waals surface area contributed by atoms with Crippen LogP contribution < -0.4 is 5.32 Å². The summed E-state index contributed by atoms with van der Waals surface area (Å²) < 4.78 is 28.5. The molecule has 0 aromatic heterocycles. The molecule has 154 valence electrons. The van der Waals surface area contributed by atoms with Crippen molar-refractivity contribution in [3.05, 3.63) is 65.2 Å². The number of para-hydroxylation sites is 1. The van der Waals surface area contributed by atoms with Gasteiger partial charge in [0.2, 0.25) is 0 Å². The van der Waals surface area contributed by atoms with Crippen LogP contribution in [-0.4, -0.2) is 40.5 Å². The molecule has 2 aromatic rings. The number of hydrogen-bond donors (Lipinski definition) is 2. The lowest BCUT2D eigenvalue weighted by atomic mass is 9.87. The SMILES string of the molecule is CC(C)N1CCC2(CC1)N=C(c1ccccc1O)C[C@@H](c1cc(F)ccc1F)N2. The summed E-state index contributed by atoms with van der Waals surface area (Å²) in [7, 11) is 0. The van der Waals surface area contributed by atoms with Crippen LogP contribution in [0.3, 0.4) is 0 Å². The van der Waals surface area contributed by atoms with Gasteiger partial charge in [0.1, 0.15) is 23.0 Å². The minimum atomic E-state index is -0.551. The Morgan fingerprint density at radius 1 is 1.14 bits per heavy atom. The normalized spacial score (nSPS) is 22.1. The van der Waals surface area contributed by atoms with Gasteiger partial charge in [0, 0.05) is 48.4 Å². The Balaban J connectivity index is 1.73. The van der Waals surface area contributed by atoms with Crippen molar-refractivity contribution in [3.8, 4) is 5.75 Å². The maximum atomic E-state index is 14.6. The number of phenolic OH excluding ortho intramolecular Hbond substituents is 1. The number of piperidine rings is 1. The lowest BCUT2D eigenvalue weighted by Gasteiger charge is -2.46. The summed E-state index contributed by atoms with van der Waals surface area (Å²) in [5, 5.41) is 13.9. The van der Waals surface area contributed by atoms with E-state index in [1.165, 1.54) is 12.1 Å². The number of aromatic hydroxyl groups is 1. The van der Waals surface area contributed by atoms with Crippen LogP contribution in [0.1, 0.15) is 50.3 Å². The van der Waals surface area contributed by atoms with E-state index < -0.39 is 23.3 Å². The summed E-state index contributed by atoms with van der Waals surface area (Å²) in [6.45, 7) is 6.10. The van der Waals surface area contributed by atoms with Crippen LogP contribution in [0.2, 0.25) is 0 Å². The number of halogens is 2. The molecule has 1 saturated heterocycles. The van der Waals surface area contributed by atoms with Gasteiger partial charge in [0.15, 0.2) is 0 Å². The van der Waals surface area contributed by atoms with Gasteiger partial charge in [-0.1, -0.05) is 12.1 Å². The lowest BCUT2D eigenvalue weighted by molar-refractivity contribution is 0.102. The highest BCUT2D eigenvalue weighted by Crippen LogP contribution is 2.37. The van der Waals surface area contributed by atoms with Crippen molar-refractivity contribution in [2.45, 2.75) is 50.9 Å². The van der Waals surface area contributed by atoms with Gasteiger partial charge in [-0.2, -0.15) is 0 Å². The molecule has 4 nitrogen and oxygen atoms in total. The Labute approximate surface area is 170 Å². The van der Waals surface area contributed by atoms with Crippen molar-refractivity contribution in [2.24, 2.45) is 4.99 Å². The van der Waals surface area contributed by atoms with Gasteiger partial charge in [-0.25, -0.2) is 8.78 Å². The van der Waals surface area contributed by atoms with E-state index in [-0.39, 0.29) is 5.75 Å². The number of nitrogens with zero attached hydrogens (tertiary/aromatic N) is 2. The second-order valence-electron chi connectivity index (χ2n) is 8.30. The molecule has 0 saturated carbocycles. The largest absolute Gasteiger partial charge is 0.507 e. The number of likely N-dealkylation sites (tertiary alicyclic amines) is 1. The Kier molecular flexibility index (Phi) is 5.40. The predicted molar refractivity (Wildman–Crippen MR) is 110 cm³/mol. The topological polar surface area (TPSA) is 47.9 Å². The molecule has 0 aliphatic carbocycles. The van der Waals surface area contributed by atoms with Gasteiger partial charge in [-0.3, -0.25) is 10.3 Å². The summed E-state index contributed by atoms with van der Waals surface area (Å²) in [5.74, 6) is -0.739.